The van der Waals surface area contributed by atoms with E-state index in [4.69, 9.17) is 20.9 Å². The zero-order valence-electron chi connectivity index (χ0n) is 9.14. The maximum absolute atomic E-state index is 10.5. The Morgan fingerprint density at radius 2 is 2.29 bits per heavy atom. The van der Waals surface area contributed by atoms with Gasteiger partial charge in [-0.05, 0) is 25.1 Å². The number of carbonyl (C=O) groups excluding carboxylic acids is 1. The van der Waals surface area contributed by atoms with Crippen LogP contribution in [0.2, 0.25) is 5.02 Å². The lowest BCUT2D eigenvalue weighted by Crippen LogP contribution is -1.95. The van der Waals surface area contributed by atoms with E-state index in [9.17, 15) is 4.79 Å². The van der Waals surface area contributed by atoms with Gasteiger partial charge in [-0.3, -0.25) is 4.79 Å². The molecule has 1 aromatic heterocycles. The van der Waals surface area contributed by atoms with E-state index in [0.29, 0.717) is 22.1 Å². The monoisotopic (exact) mass is 251 g/mol. The number of aromatic nitrogens is 1. The molecule has 0 unspecified atom stereocenters. The molecule has 5 heteroatoms. The average Bonchev–Trinajstić information content (AvgIpc) is 2.73. The molecule has 0 radical (unpaired) electrons. The largest absolute Gasteiger partial charge is 0.484 e. The van der Waals surface area contributed by atoms with Gasteiger partial charge in [0.25, 0.3) is 0 Å². The Balaban J connectivity index is 2.06. The summed E-state index contributed by atoms with van der Waals surface area (Å²) in [7, 11) is 0. The molecule has 2 aromatic rings. The lowest BCUT2D eigenvalue weighted by Gasteiger charge is -2.05. The highest BCUT2D eigenvalue weighted by Gasteiger charge is 2.05. The van der Waals surface area contributed by atoms with E-state index >= 15 is 0 Å². The number of ether oxygens (including phenoxy) is 1. The third-order valence-corrected chi connectivity index (χ3v) is 2.43. The van der Waals surface area contributed by atoms with Crippen molar-refractivity contribution < 1.29 is 14.1 Å². The third-order valence-electron chi connectivity index (χ3n) is 2.14. The minimum atomic E-state index is 0.251. The van der Waals surface area contributed by atoms with E-state index in [-0.39, 0.29) is 6.61 Å². The molecule has 17 heavy (non-hydrogen) atoms. The molecule has 0 fully saturated rings. The maximum atomic E-state index is 10.5. The second-order valence-electron chi connectivity index (χ2n) is 3.53. The molecule has 0 amide bonds. The molecule has 88 valence electrons. The standard InChI is InChI=1S/C12H10ClNO3/c1-8-4-10(17-14-8)7-16-12-3-2-9(6-15)5-11(12)13/h2-6H,7H2,1H3. The molecule has 0 spiro atoms. The molecular weight excluding hydrogens is 242 g/mol. The summed E-state index contributed by atoms with van der Waals surface area (Å²) >= 11 is 5.95. The SMILES string of the molecule is Cc1cc(COc2ccc(C=O)cc2Cl)on1. The second kappa shape index (κ2) is 5.01. The predicted molar refractivity (Wildman–Crippen MR) is 62.4 cm³/mol. The van der Waals surface area contributed by atoms with Crippen LogP contribution < -0.4 is 4.74 Å². The Morgan fingerprint density at radius 3 is 2.88 bits per heavy atom. The number of carbonyl (C=O) groups is 1. The van der Waals surface area contributed by atoms with Gasteiger partial charge in [0.05, 0.1) is 10.7 Å². The fourth-order valence-electron chi connectivity index (χ4n) is 1.34. The third kappa shape index (κ3) is 2.85. The topological polar surface area (TPSA) is 52.3 Å². The Hall–Kier alpha value is -1.81. The van der Waals surface area contributed by atoms with E-state index in [1.54, 1.807) is 24.3 Å². The van der Waals surface area contributed by atoms with Crippen molar-refractivity contribution in [3.05, 3.63) is 46.3 Å². The van der Waals surface area contributed by atoms with Crippen molar-refractivity contribution in [2.75, 3.05) is 0 Å². The summed E-state index contributed by atoms with van der Waals surface area (Å²) in [5.74, 6) is 1.13. The van der Waals surface area contributed by atoms with E-state index in [1.807, 2.05) is 6.92 Å². The Morgan fingerprint density at radius 1 is 1.47 bits per heavy atom. The summed E-state index contributed by atoms with van der Waals surface area (Å²) in [4.78, 5) is 10.5. The molecule has 0 atom stereocenters. The molecule has 0 aliphatic rings. The van der Waals surface area contributed by atoms with E-state index in [2.05, 4.69) is 5.16 Å². The van der Waals surface area contributed by atoms with Gasteiger partial charge < -0.3 is 9.26 Å². The summed E-state index contributed by atoms with van der Waals surface area (Å²) in [6.45, 7) is 2.08. The number of aldehydes is 1. The van der Waals surface area contributed by atoms with Crippen molar-refractivity contribution in [2.24, 2.45) is 0 Å². The molecular formula is C12H10ClNO3. The second-order valence-corrected chi connectivity index (χ2v) is 3.94. The Bertz CT molecular complexity index is 536. The van der Waals surface area contributed by atoms with Crippen LogP contribution in [0.4, 0.5) is 0 Å². The molecule has 2 rings (SSSR count). The van der Waals surface area contributed by atoms with Crippen molar-refractivity contribution in [3.8, 4) is 5.75 Å². The van der Waals surface area contributed by atoms with Gasteiger partial charge in [0.1, 0.15) is 18.6 Å². The van der Waals surface area contributed by atoms with Crippen LogP contribution in [-0.4, -0.2) is 11.4 Å². The zero-order valence-corrected chi connectivity index (χ0v) is 9.90. The van der Waals surface area contributed by atoms with Gasteiger partial charge in [0, 0.05) is 11.6 Å². The highest BCUT2D eigenvalue weighted by Crippen LogP contribution is 2.25. The summed E-state index contributed by atoms with van der Waals surface area (Å²) in [5, 5.41) is 4.14. The van der Waals surface area contributed by atoms with Gasteiger partial charge in [-0.1, -0.05) is 16.8 Å². The van der Waals surface area contributed by atoms with Crippen LogP contribution in [0.1, 0.15) is 21.8 Å². The molecule has 0 N–H and O–H groups in total. The fraction of sp³-hybridized carbons (Fsp3) is 0.167. The predicted octanol–water partition coefficient (Wildman–Crippen LogP) is 3.03. The van der Waals surface area contributed by atoms with Crippen molar-refractivity contribution in [3.63, 3.8) is 0 Å². The summed E-state index contributed by atoms with van der Waals surface area (Å²) < 4.78 is 10.5. The highest BCUT2D eigenvalue weighted by molar-refractivity contribution is 6.32. The lowest BCUT2D eigenvalue weighted by atomic mass is 10.2. The number of rotatable bonds is 4. The quantitative estimate of drug-likeness (QED) is 0.784. The number of aryl methyl sites for hydroxylation is 1. The molecule has 1 heterocycles. The average molecular weight is 252 g/mol. The molecule has 4 nitrogen and oxygen atoms in total. The van der Waals surface area contributed by atoms with E-state index in [0.717, 1.165) is 12.0 Å². The first-order chi connectivity index (χ1) is 8.19. The van der Waals surface area contributed by atoms with Crippen LogP contribution in [0.5, 0.6) is 5.75 Å². The van der Waals surface area contributed by atoms with Crippen molar-refractivity contribution in [1.29, 1.82) is 0 Å². The van der Waals surface area contributed by atoms with Crippen LogP contribution in [-0.2, 0) is 6.61 Å². The molecule has 0 aliphatic carbocycles. The van der Waals surface area contributed by atoms with Crippen LogP contribution in [0.15, 0.2) is 28.8 Å². The number of benzene rings is 1. The van der Waals surface area contributed by atoms with Gasteiger partial charge >= 0.3 is 0 Å². The van der Waals surface area contributed by atoms with Gasteiger partial charge in [0.2, 0.25) is 0 Å². The van der Waals surface area contributed by atoms with Crippen molar-refractivity contribution in [1.82, 2.24) is 5.16 Å². The number of hydrogen-bond donors (Lipinski definition) is 0. The van der Waals surface area contributed by atoms with Crippen LogP contribution in [0, 0.1) is 6.92 Å². The van der Waals surface area contributed by atoms with Gasteiger partial charge in [0.15, 0.2) is 5.76 Å². The number of nitrogens with zero attached hydrogens (tertiary/aromatic N) is 1. The Kier molecular flexibility index (Phi) is 3.44. The first-order valence-electron chi connectivity index (χ1n) is 4.99. The first kappa shape index (κ1) is 11.7. The molecule has 0 aliphatic heterocycles. The smallest absolute Gasteiger partial charge is 0.174 e. The van der Waals surface area contributed by atoms with Gasteiger partial charge in [-0.25, -0.2) is 0 Å². The van der Waals surface area contributed by atoms with Gasteiger partial charge in [-0.2, -0.15) is 0 Å². The highest BCUT2D eigenvalue weighted by atomic mass is 35.5. The summed E-state index contributed by atoms with van der Waals surface area (Å²) in [5.41, 5.74) is 1.31. The molecule has 0 bridgehead atoms. The minimum absolute atomic E-state index is 0.251. The van der Waals surface area contributed by atoms with E-state index < -0.39 is 0 Å². The molecule has 0 saturated carbocycles. The summed E-state index contributed by atoms with van der Waals surface area (Å²) in [6, 6.07) is 6.62. The number of hydrogen-bond acceptors (Lipinski definition) is 4. The van der Waals surface area contributed by atoms with Gasteiger partial charge in [-0.15, -0.1) is 0 Å². The summed E-state index contributed by atoms with van der Waals surface area (Å²) in [6.07, 6.45) is 0.732. The van der Waals surface area contributed by atoms with Crippen molar-refractivity contribution >= 4 is 17.9 Å². The molecule has 0 saturated heterocycles. The zero-order chi connectivity index (χ0) is 12.3. The maximum Gasteiger partial charge on any atom is 0.174 e. The lowest BCUT2D eigenvalue weighted by molar-refractivity contribution is 0.112. The molecule has 1 aromatic carbocycles. The van der Waals surface area contributed by atoms with Crippen LogP contribution in [0.25, 0.3) is 0 Å². The minimum Gasteiger partial charge on any atom is -0.484 e. The number of halogens is 1. The first-order valence-corrected chi connectivity index (χ1v) is 5.36. The normalized spacial score (nSPS) is 10.2. The fourth-order valence-corrected chi connectivity index (χ4v) is 1.58. The van der Waals surface area contributed by atoms with Crippen molar-refractivity contribution in [2.45, 2.75) is 13.5 Å². The Labute approximate surface area is 103 Å². The van der Waals surface area contributed by atoms with Crippen LogP contribution in [0.3, 0.4) is 0 Å². The van der Waals surface area contributed by atoms with Crippen LogP contribution >= 0.6 is 11.6 Å². The van der Waals surface area contributed by atoms with E-state index in [1.165, 1.54) is 0 Å².